The van der Waals surface area contributed by atoms with Crippen molar-refractivity contribution in [2.45, 2.75) is 45.6 Å². The highest BCUT2D eigenvalue weighted by Crippen LogP contribution is 2.27. The van der Waals surface area contributed by atoms with Gasteiger partial charge in [-0.05, 0) is 37.8 Å². The van der Waals surface area contributed by atoms with Crippen molar-refractivity contribution in [3.63, 3.8) is 0 Å². The van der Waals surface area contributed by atoms with Gasteiger partial charge in [-0.3, -0.25) is 9.20 Å². The average molecular weight is 356 g/mol. The summed E-state index contributed by atoms with van der Waals surface area (Å²) in [7, 11) is 0. The molecule has 0 spiro atoms. The van der Waals surface area contributed by atoms with Gasteiger partial charge in [-0.1, -0.05) is 43.0 Å². The van der Waals surface area contributed by atoms with Crippen LogP contribution in [-0.2, 0) is 6.54 Å². The van der Waals surface area contributed by atoms with E-state index in [1.54, 1.807) is 10.5 Å². The van der Waals surface area contributed by atoms with Crippen LogP contribution in [0.25, 0.3) is 17.0 Å². The van der Waals surface area contributed by atoms with E-state index in [-0.39, 0.29) is 5.56 Å². The molecule has 0 unspecified atom stereocenters. The van der Waals surface area contributed by atoms with Gasteiger partial charge in [0.1, 0.15) is 0 Å². The first-order valence-corrected chi connectivity index (χ1v) is 9.35. The maximum absolute atomic E-state index is 12.4. The molecular formula is C20H22ClN3O. The fourth-order valence-corrected chi connectivity index (χ4v) is 3.95. The highest BCUT2D eigenvalue weighted by molar-refractivity contribution is 6.30. The van der Waals surface area contributed by atoms with Crippen LogP contribution in [0.5, 0.6) is 0 Å². The second kappa shape index (κ2) is 6.68. The van der Waals surface area contributed by atoms with Gasteiger partial charge in [0.25, 0.3) is 5.56 Å². The maximum Gasteiger partial charge on any atom is 0.259 e. The zero-order chi connectivity index (χ0) is 17.4. The molecule has 2 heterocycles. The van der Waals surface area contributed by atoms with E-state index in [9.17, 15) is 4.79 Å². The summed E-state index contributed by atoms with van der Waals surface area (Å²) in [5.41, 5.74) is 2.72. The minimum atomic E-state index is -0.0277. The van der Waals surface area contributed by atoms with Gasteiger partial charge in [-0.25, -0.2) is 4.98 Å². The summed E-state index contributed by atoms with van der Waals surface area (Å²) in [6.07, 6.45) is 8.33. The number of aryl methyl sites for hydroxylation is 1. The fraction of sp³-hybridized carbons (Fsp3) is 0.400. The molecule has 0 aliphatic heterocycles. The molecular weight excluding hydrogens is 334 g/mol. The molecule has 0 radical (unpaired) electrons. The lowest BCUT2D eigenvalue weighted by molar-refractivity contribution is 0.318. The van der Waals surface area contributed by atoms with Gasteiger partial charge in [0.15, 0.2) is 0 Å². The Morgan fingerprint density at radius 1 is 1.16 bits per heavy atom. The molecule has 1 saturated carbocycles. The third-order valence-corrected chi connectivity index (χ3v) is 5.48. The first-order valence-electron chi connectivity index (χ1n) is 8.97. The van der Waals surface area contributed by atoms with E-state index in [1.165, 1.54) is 32.1 Å². The molecule has 0 N–H and O–H groups in total. The van der Waals surface area contributed by atoms with Crippen molar-refractivity contribution in [2.75, 3.05) is 0 Å². The van der Waals surface area contributed by atoms with Gasteiger partial charge >= 0.3 is 0 Å². The Hall–Kier alpha value is -2.07. The van der Waals surface area contributed by atoms with E-state index in [4.69, 9.17) is 16.6 Å². The molecule has 0 bridgehead atoms. The van der Waals surface area contributed by atoms with E-state index in [0.717, 1.165) is 29.3 Å². The monoisotopic (exact) mass is 355 g/mol. The molecule has 4 nitrogen and oxygen atoms in total. The SMILES string of the molecule is Cc1cc(=O)n2cc(-c3ccc(Cl)cc3)nc2n1CC1CCCCC1. The van der Waals surface area contributed by atoms with Gasteiger partial charge < -0.3 is 4.57 Å². The van der Waals surface area contributed by atoms with Crippen LogP contribution < -0.4 is 5.56 Å². The quantitative estimate of drug-likeness (QED) is 0.682. The lowest BCUT2D eigenvalue weighted by Crippen LogP contribution is -2.22. The highest BCUT2D eigenvalue weighted by Gasteiger charge is 2.18. The van der Waals surface area contributed by atoms with Crippen LogP contribution in [0.1, 0.15) is 37.8 Å². The summed E-state index contributed by atoms with van der Waals surface area (Å²) >= 11 is 5.98. The number of hydrogen-bond donors (Lipinski definition) is 0. The van der Waals surface area contributed by atoms with Crippen molar-refractivity contribution in [3.05, 3.63) is 57.6 Å². The molecule has 0 saturated heterocycles. The number of fused-ring (bicyclic) bond motifs is 1. The van der Waals surface area contributed by atoms with Crippen LogP contribution in [0.3, 0.4) is 0 Å². The van der Waals surface area contributed by atoms with Crippen molar-refractivity contribution >= 4 is 17.4 Å². The molecule has 1 aliphatic rings. The number of hydrogen-bond acceptors (Lipinski definition) is 2. The number of benzene rings is 1. The number of imidazole rings is 1. The third-order valence-electron chi connectivity index (χ3n) is 5.23. The molecule has 1 aliphatic carbocycles. The number of aromatic nitrogens is 3. The van der Waals surface area contributed by atoms with Crippen molar-refractivity contribution in [2.24, 2.45) is 5.92 Å². The van der Waals surface area contributed by atoms with Crippen LogP contribution in [0, 0.1) is 12.8 Å². The maximum atomic E-state index is 12.4. The minimum Gasteiger partial charge on any atom is -0.315 e. The normalized spacial score (nSPS) is 15.8. The standard InChI is InChI=1S/C20H22ClN3O/c1-14-11-19(25)24-13-18(16-7-9-17(21)10-8-16)22-20(24)23(14)12-15-5-3-2-4-6-15/h7-11,13,15H,2-6,12H2,1H3. The molecule has 0 atom stereocenters. The smallest absolute Gasteiger partial charge is 0.259 e. The topological polar surface area (TPSA) is 39.3 Å². The molecule has 4 rings (SSSR count). The average Bonchev–Trinajstić information content (AvgIpc) is 3.06. The summed E-state index contributed by atoms with van der Waals surface area (Å²) in [5.74, 6) is 1.41. The largest absolute Gasteiger partial charge is 0.315 e. The zero-order valence-electron chi connectivity index (χ0n) is 14.4. The molecule has 0 amide bonds. The summed E-state index contributed by atoms with van der Waals surface area (Å²) in [4.78, 5) is 17.2. The molecule has 130 valence electrons. The second-order valence-corrected chi connectivity index (χ2v) is 7.48. The second-order valence-electron chi connectivity index (χ2n) is 7.04. The van der Waals surface area contributed by atoms with Crippen LogP contribution in [0.2, 0.25) is 5.02 Å². The third kappa shape index (κ3) is 3.23. The lowest BCUT2D eigenvalue weighted by atomic mass is 9.89. The van der Waals surface area contributed by atoms with Gasteiger partial charge in [-0.15, -0.1) is 0 Å². The van der Waals surface area contributed by atoms with Crippen molar-refractivity contribution in [1.29, 1.82) is 0 Å². The van der Waals surface area contributed by atoms with Crippen molar-refractivity contribution in [1.82, 2.24) is 14.0 Å². The Bertz CT molecular complexity index is 949. The molecule has 25 heavy (non-hydrogen) atoms. The van der Waals surface area contributed by atoms with Crippen LogP contribution >= 0.6 is 11.6 Å². The Balaban J connectivity index is 1.79. The van der Waals surface area contributed by atoms with Gasteiger partial charge in [0.05, 0.1) is 5.69 Å². The first-order chi connectivity index (χ1) is 12.1. The molecule has 5 heteroatoms. The predicted octanol–water partition coefficient (Wildman–Crippen LogP) is 4.71. The lowest BCUT2D eigenvalue weighted by Gasteiger charge is -2.24. The Labute approximate surface area is 152 Å². The van der Waals surface area contributed by atoms with E-state index >= 15 is 0 Å². The van der Waals surface area contributed by atoms with E-state index in [0.29, 0.717) is 10.9 Å². The fourth-order valence-electron chi connectivity index (χ4n) is 3.82. The summed E-state index contributed by atoms with van der Waals surface area (Å²) in [6.45, 7) is 2.94. The summed E-state index contributed by atoms with van der Waals surface area (Å²) < 4.78 is 3.87. The van der Waals surface area contributed by atoms with E-state index < -0.39 is 0 Å². The highest BCUT2D eigenvalue weighted by atomic mass is 35.5. The Morgan fingerprint density at radius 3 is 2.60 bits per heavy atom. The van der Waals surface area contributed by atoms with Crippen molar-refractivity contribution < 1.29 is 0 Å². The van der Waals surface area contributed by atoms with Crippen LogP contribution in [-0.4, -0.2) is 14.0 Å². The molecule has 2 aromatic heterocycles. The van der Waals surface area contributed by atoms with Crippen LogP contribution in [0.4, 0.5) is 0 Å². The summed E-state index contributed by atoms with van der Waals surface area (Å²) in [5, 5.41) is 0.695. The van der Waals surface area contributed by atoms with E-state index in [1.807, 2.05) is 37.4 Å². The van der Waals surface area contributed by atoms with Crippen LogP contribution in [0.15, 0.2) is 41.3 Å². The number of halogens is 1. The van der Waals surface area contributed by atoms with Gasteiger partial charge in [0.2, 0.25) is 5.78 Å². The van der Waals surface area contributed by atoms with E-state index in [2.05, 4.69) is 4.57 Å². The molecule has 3 aromatic rings. The zero-order valence-corrected chi connectivity index (χ0v) is 15.2. The molecule has 1 fully saturated rings. The Kier molecular flexibility index (Phi) is 4.38. The van der Waals surface area contributed by atoms with Gasteiger partial charge in [0, 0.05) is 35.1 Å². The Morgan fingerprint density at radius 2 is 1.88 bits per heavy atom. The molecule has 1 aromatic carbocycles. The minimum absolute atomic E-state index is 0.0277. The summed E-state index contributed by atoms with van der Waals surface area (Å²) in [6, 6.07) is 9.28. The number of rotatable bonds is 3. The van der Waals surface area contributed by atoms with Gasteiger partial charge in [-0.2, -0.15) is 0 Å². The number of nitrogens with zero attached hydrogens (tertiary/aromatic N) is 3. The first kappa shape index (κ1) is 16.4. The predicted molar refractivity (Wildman–Crippen MR) is 101 cm³/mol. The van der Waals surface area contributed by atoms with Crippen molar-refractivity contribution in [3.8, 4) is 11.3 Å².